The van der Waals surface area contributed by atoms with Crippen molar-refractivity contribution in [1.29, 1.82) is 0 Å². The Kier molecular flexibility index (Phi) is 5.41. The molecule has 0 aliphatic rings. The van der Waals surface area contributed by atoms with Crippen LogP contribution in [0.1, 0.15) is 33.2 Å². The van der Waals surface area contributed by atoms with Crippen molar-refractivity contribution >= 4 is 28.3 Å². The van der Waals surface area contributed by atoms with Gasteiger partial charge in [-0.15, -0.1) is 0 Å². The van der Waals surface area contributed by atoms with Crippen LogP contribution in [0.25, 0.3) is 10.9 Å². The predicted molar refractivity (Wildman–Crippen MR) is 116 cm³/mol. The number of hydrogen-bond donors (Lipinski definition) is 1. The number of halogens is 1. The minimum atomic E-state index is -0.582. The Hall–Kier alpha value is -4.13. The van der Waals surface area contributed by atoms with Crippen LogP contribution in [0.5, 0.6) is 0 Å². The fourth-order valence-corrected chi connectivity index (χ4v) is 3.33. The van der Waals surface area contributed by atoms with Crippen molar-refractivity contribution < 1.29 is 14.0 Å². The monoisotopic (exact) mass is 415 g/mol. The lowest BCUT2D eigenvalue weighted by Crippen LogP contribution is -2.24. The highest BCUT2D eigenvalue weighted by Gasteiger charge is 2.17. The molecule has 0 saturated carbocycles. The summed E-state index contributed by atoms with van der Waals surface area (Å²) in [6.07, 6.45) is 4.53. The van der Waals surface area contributed by atoms with E-state index in [-0.39, 0.29) is 22.6 Å². The van der Waals surface area contributed by atoms with Gasteiger partial charge in [0, 0.05) is 29.9 Å². The van der Waals surface area contributed by atoms with Gasteiger partial charge in [0.15, 0.2) is 5.78 Å². The zero-order chi connectivity index (χ0) is 22.0. The van der Waals surface area contributed by atoms with Gasteiger partial charge >= 0.3 is 0 Å². The van der Waals surface area contributed by atoms with E-state index >= 15 is 0 Å². The Morgan fingerprint density at radius 1 is 1.10 bits per heavy atom. The van der Waals surface area contributed by atoms with Crippen LogP contribution in [0.4, 0.5) is 10.1 Å². The normalized spacial score (nSPS) is 10.8. The summed E-state index contributed by atoms with van der Waals surface area (Å²) in [5.41, 5.74) is 1.64. The molecule has 2 aromatic heterocycles. The van der Waals surface area contributed by atoms with Gasteiger partial charge in [0.2, 0.25) is 5.43 Å². The number of ketones is 1. The Morgan fingerprint density at radius 2 is 1.87 bits per heavy atom. The van der Waals surface area contributed by atoms with Crippen LogP contribution in [0.2, 0.25) is 0 Å². The van der Waals surface area contributed by atoms with Crippen LogP contribution < -0.4 is 10.7 Å². The number of pyridine rings is 2. The molecule has 2 heterocycles. The summed E-state index contributed by atoms with van der Waals surface area (Å²) < 4.78 is 15.0. The lowest BCUT2D eigenvalue weighted by Gasteiger charge is -2.14. The second-order valence-corrected chi connectivity index (χ2v) is 7.11. The van der Waals surface area contributed by atoms with Crippen LogP contribution >= 0.6 is 0 Å². The van der Waals surface area contributed by atoms with Crippen molar-refractivity contribution in [2.24, 2.45) is 0 Å². The van der Waals surface area contributed by atoms with Crippen LogP contribution in [-0.4, -0.2) is 21.2 Å². The predicted octanol–water partition coefficient (Wildman–Crippen LogP) is 4.04. The second kappa shape index (κ2) is 8.31. The SMILES string of the molecule is CC(=O)c1ccc2c(c1)c(=O)c(C(=O)Nc1cccnc1)cn2Cc1ccc(F)cc1. The van der Waals surface area contributed by atoms with Gasteiger partial charge in [-0.1, -0.05) is 12.1 Å². The molecule has 0 atom stereocenters. The Labute approximate surface area is 177 Å². The minimum absolute atomic E-state index is 0.0702. The standard InChI is InChI=1S/C24H18FN3O3/c1-15(29)17-6-9-22-20(11-17)23(30)21(24(31)27-19-3-2-10-26-12-19)14-28(22)13-16-4-7-18(25)8-5-16/h2-12,14H,13H2,1H3,(H,27,31). The topological polar surface area (TPSA) is 81.1 Å². The van der Waals surface area contributed by atoms with Gasteiger partial charge in [0.05, 0.1) is 17.4 Å². The molecule has 154 valence electrons. The number of aromatic nitrogens is 2. The number of benzene rings is 2. The van der Waals surface area contributed by atoms with Gasteiger partial charge < -0.3 is 9.88 Å². The number of anilines is 1. The van der Waals surface area contributed by atoms with Crippen molar-refractivity contribution in [2.75, 3.05) is 5.32 Å². The molecule has 0 bridgehead atoms. The fraction of sp³-hybridized carbons (Fsp3) is 0.0833. The molecular weight excluding hydrogens is 397 g/mol. The van der Waals surface area contributed by atoms with Gasteiger partial charge in [0.25, 0.3) is 5.91 Å². The molecule has 0 saturated heterocycles. The molecular formula is C24H18FN3O3. The summed E-state index contributed by atoms with van der Waals surface area (Å²) in [4.78, 5) is 41.8. The lowest BCUT2D eigenvalue weighted by molar-refractivity contribution is 0.101. The molecule has 0 spiro atoms. The number of nitrogens with zero attached hydrogens (tertiary/aromatic N) is 2. The Balaban J connectivity index is 1.85. The van der Waals surface area contributed by atoms with E-state index in [9.17, 15) is 18.8 Å². The molecule has 7 heteroatoms. The molecule has 0 aliphatic heterocycles. The number of hydrogen-bond acceptors (Lipinski definition) is 4. The van der Waals surface area contributed by atoms with Gasteiger partial charge in [-0.25, -0.2) is 4.39 Å². The first-order valence-electron chi connectivity index (χ1n) is 9.56. The summed E-state index contributed by atoms with van der Waals surface area (Å²) in [5.74, 6) is -1.12. The van der Waals surface area contributed by atoms with Gasteiger partial charge in [-0.2, -0.15) is 0 Å². The maximum Gasteiger partial charge on any atom is 0.261 e. The number of carbonyl (C=O) groups is 2. The number of Topliss-reactive ketones (excluding diaryl/α,β-unsaturated/α-hetero) is 1. The number of carbonyl (C=O) groups excluding carboxylic acids is 2. The molecule has 1 N–H and O–H groups in total. The van der Waals surface area contributed by atoms with E-state index in [0.717, 1.165) is 5.56 Å². The number of rotatable bonds is 5. The van der Waals surface area contributed by atoms with Crippen LogP contribution in [0.15, 0.2) is 78.0 Å². The molecule has 0 radical (unpaired) electrons. The summed E-state index contributed by atoms with van der Waals surface area (Å²) >= 11 is 0. The number of nitrogens with one attached hydrogen (secondary N) is 1. The Bertz CT molecular complexity index is 1350. The van der Waals surface area contributed by atoms with Crippen LogP contribution in [-0.2, 0) is 6.54 Å². The van der Waals surface area contributed by atoms with Crippen molar-refractivity contribution in [2.45, 2.75) is 13.5 Å². The number of fused-ring (bicyclic) bond motifs is 1. The van der Waals surface area contributed by atoms with E-state index in [4.69, 9.17) is 0 Å². The van der Waals surface area contributed by atoms with Gasteiger partial charge in [-0.05, 0) is 55.0 Å². The van der Waals surface area contributed by atoms with Crippen molar-refractivity contribution in [3.8, 4) is 0 Å². The first kappa shape index (κ1) is 20.2. The molecule has 31 heavy (non-hydrogen) atoms. The first-order valence-corrected chi connectivity index (χ1v) is 9.56. The van der Waals surface area contributed by atoms with Crippen LogP contribution in [0.3, 0.4) is 0 Å². The van der Waals surface area contributed by atoms with Crippen molar-refractivity contribution in [3.05, 3.63) is 106 Å². The van der Waals surface area contributed by atoms with E-state index in [2.05, 4.69) is 10.3 Å². The van der Waals surface area contributed by atoms with Crippen molar-refractivity contribution in [1.82, 2.24) is 9.55 Å². The minimum Gasteiger partial charge on any atom is -0.342 e. The maximum atomic E-state index is 13.3. The summed E-state index contributed by atoms with van der Waals surface area (Å²) in [7, 11) is 0. The summed E-state index contributed by atoms with van der Waals surface area (Å²) in [5, 5.41) is 2.93. The largest absolute Gasteiger partial charge is 0.342 e. The molecule has 0 fully saturated rings. The average molecular weight is 415 g/mol. The molecule has 0 aliphatic carbocycles. The third-order valence-electron chi connectivity index (χ3n) is 4.92. The average Bonchev–Trinajstić information content (AvgIpc) is 2.77. The van der Waals surface area contributed by atoms with Gasteiger partial charge in [0.1, 0.15) is 11.4 Å². The van der Waals surface area contributed by atoms with E-state index in [1.807, 2.05) is 0 Å². The Morgan fingerprint density at radius 3 is 2.55 bits per heavy atom. The highest BCUT2D eigenvalue weighted by molar-refractivity contribution is 6.06. The molecule has 1 amide bonds. The molecule has 4 rings (SSSR count). The second-order valence-electron chi connectivity index (χ2n) is 7.11. The zero-order valence-corrected chi connectivity index (χ0v) is 16.6. The quantitative estimate of drug-likeness (QED) is 0.499. The fourth-order valence-electron chi connectivity index (χ4n) is 3.33. The third kappa shape index (κ3) is 4.25. The maximum absolute atomic E-state index is 13.3. The van der Waals surface area contributed by atoms with E-state index in [1.165, 1.54) is 37.5 Å². The highest BCUT2D eigenvalue weighted by atomic mass is 19.1. The third-order valence-corrected chi connectivity index (χ3v) is 4.92. The van der Waals surface area contributed by atoms with Gasteiger partial charge in [-0.3, -0.25) is 19.4 Å². The highest BCUT2D eigenvalue weighted by Crippen LogP contribution is 2.18. The lowest BCUT2D eigenvalue weighted by atomic mass is 10.0. The van der Waals surface area contributed by atoms with E-state index < -0.39 is 11.3 Å². The van der Waals surface area contributed by atoms with Crippen molar-refractivity contribution in [3.63, 3.8) is 0 Å². The smallest absolute Gasteiger partial charge is 0.261 e. The molecule has 4 aromatic rings. The first-order chi connectivity index (χ1) is 14.9. The zero-order valence-electron chi connectivity index (χ0n) is 16.6. The van der Waals surface area contributed by atoms with E-state index in [1.54, 1.807) is 47.2 Å². The molecule has 6 nitrogen and oxygen atoms in total. The molecule has 2 aromatic carbocycles. The summed E-state index contributed by atoms with van der Waals surface area (Å²) in [6, 6.07) is 14.1. The summed E-state index contributed by atoms with van der Waals surface area (Å²) in [6.45, 7) is 1.72. The van der Waals surface area contributed by atoms with E-state index in [0.29, 0.717) is 23.3 Å². The molecule has 0 unspecified atom stereocenters. The number of amides is 1. The van der Waals surface area contributed by atoms with Crippen LogP contribution in [0, 0.1) is 5.82 Å².